The van der Waals surface area contributed by atoms with Crippen LogP contribution in [-0.2, 0) is 0 Å². The van der Waals surface area contributed by atoms with Crippen LogP contribution in [0.25, 0.3) is 10.9 Å². The monoisotopic (exact) mass is 199 g/mol. The maximum atomic E-state index is 5.87. The molecule has 1 heterocycles. The summed E-state index contributed by atoms with van der Waals surface area (Å²) in [6.07, 6.45) is 3.47. The lowest BCUT2D eigenvalue weighted by molar-refractivity contribution is 1.33. The number of rotatable bonds is 3. The predicted octanol–water partition coefficient (Wildman–Crippen LogP) is 2.41. The smallest absolute Gasteiger partial charge is 0.0743 e. The van der Waals surface area contributed by atoms with Crippen LogP contribution in [0.5, 0.6) is 0 Å². The molecule has 0 unspecified atom stereocenters. The minimum Gasteiger partial charge on any atom is -0.396 e. The molecular formula is C12H13N3. The number of para-hydroxylation sites is 1. The fraction of sp³-hybridized carbons (Fsp3) is 0.0833. The molecule has 3 N–H and O–H groups in total. The zero-order valence-electron chi connectivity index (χ0n) is 8.40. The first-order valence-electron chi connectivity index (χ1n) is 4.81. The van der Waals surface area contributed by atoms with Gasteiger partial charge in [-0.05, 0) is 6.07 Å². The molecule has 2 aromatic rings. The van der Waals surface area contributed by atoms with Crippen molar-refractivity contribution >= 4 is 22.3 Å². The molecule has 0 fully saturated rings. The van der Waals surface area contributed by atoms with Gasteiger partial charge < -0.3 is 11.1 Å². The summed E-state index contributed by atoms with van der Waals surface area (Å²) in [5, 5.41) is 4.26. The van der Waals surface area contributed by atoms with Gasteiger partial charge in [0.2, 0.25) is 0 Å². The Kier molecular flexibility index (Phi) is 2.54. The number of hydrogen-bond donors (Lipinski definition) is 2. The number of nitrogens with one attached hydrogen (secondary N) is 1. The number of fused-ring (bicyclic) bond motifs is 1. The van der Waals surface area contributed by atoms with Crippen molar-refractivity contribution in [1.29, 1.82) is 0 Å². The highest BCUT2D eigenvalue weighted by Crippen LogP contribution is 2.27. The van der Waals surface area contributed by atoms with Crippen LogP contribution in [0.1, 0.15) is 0 Å². The normalized spacial score (nSPS) is 10.1. The number of aromatic nitrogens is 1. The quantitative estimate of drug-likeness (QED) is 0.746. The molecule has 1 aromatic carbocycles. The van der Waals surface area contributed by atoms with Crippen molar-refractivity contribution in [3.8, 4) is 0 Å². The highest BCUT2D eigenvalue weighted by atomic mass is 14.9. The van der Waals surface area contributed by atoms with Crippen LogP contribution in [-0.4, -0.2) is 11.5 Å². The molecule has 0 aliphatic carbocycles. The standard InChI is InChI=1S/C12H13N3/c1-2-7-14-12-9-5-3-4-6-11(9)15-8-10(12)13/h2-6,8H,1,7,13H2,(H,14,15). The van der Waals surface area contributed by atoms with Crippen molar-refractivity contribution < 1.29 is 0 Å². The second-order valence-electron chi connectivity index (χ2n) is 3.28. The minimum absolute atomic E-state index is 0.663. The minimum atomic E-state index is 0.663. The molecule has 0 radical (unpaired) electrons. The van der Waals surface area contributed by atoms with Gasteiger partial charge in [0, 0.05) is 11.9 Å². The van der Waals surface area contributed by atoms with Crippen LogP contribution in [0.3, 0.4) is 0 Å². The highest BCUT2D eigenvalue weighted by Gasteiger charge is 2.04. The summed E-state index contributed by atoms with van der Waals surface area (Å²) < 4.78 is 0. The molecule has 3 heteroatoms. The Hall–Kier alpha value is -2.03. The van der Waals surface area contributed by atoms with Gasteiger partial charge in [0.25, 0.3) is 0 Å². The van der Waals surface area contributed by atoms with E-state index in [9.17, 15) is 0 Å². The maximum absolute atomic E-state index is 5.87. The molecule has 3 nitrogen and oxygen atoms in total. The third-order valence-electron chi connectivity index (χ3n) is 2.23. The van der Waals surface area contributed by atoms with E-state index in [1.165, 1.54) is 0 Å². The van der Waals surface area contributed by atoms with Crippen LogP contribution >= 0.6 is 0 Å². The summed E-state index contributed by atoms with van der Waals surface area (Å²) in [5.41, 5.74) is 8.40. The Morgan fingerprint density at radius 1 is 1.40 bits per heavy atom. The molecule has 0 saturated heterocycles. The van der Waals surface area contributed by atoms with Gasteiger partial charge in [0.05, 0.1) is 23.1 Å². The second kappa shape index (κ2) is 4.00. The average molecular weight is 199 g/mol. The Morgan fingerprint density at radius 2 is 2.20 bits per heavy atom. The summed E-state index contributed by atoms with van der Waals surface area (Å²) in [4.78, 5) is 4.26. The Bertz CT molecular complexity index is 491. The number of nitrogen functional groups attached to an aromatic ring is 1. The van der Waals surface area contributed by atoms with E-state index in [2.05, 4.69) is 16.9 Å². The number of benzene rings is 1. The van der Waals surface area contributed by atoms with Crippen molar-refractivity contribution in [3.05, 3.63) is 43.1 Å². The van der Waals surface area contributed by atoms with E-state index in [1.807, 2.05) is 24.3 Å². The number of pyridine rings is 1. The number of hydrogen-bond acceptors (Lipinski definition) is 3. The van der Waals surface area contributed by atoms with Gasteiger partial charge in [-0.2, -0.15) is 0 Å². The van der Waals surface area contributed by atoms with Crippen LogP contribution in [0.4, 0.5) is 11.4 Å². The topological polar surface area (TPSA) is 50.9 Å². The van der Waals surface area contributed by atoms with E-state index in [4.69, 9.17) is 5.73 Å². The van der Waals surface area contributed by atoms with E-state index in [-0.39, 0.29) is 0 Å². The van der Waals surface area contributed by atoms with E-state index < -0.39 is 0 Å². The third-order valence-corrected chi connectivity index (χ3v) is 2.23. The van der Waals surface area contributed by atoms with Crippen molar-refractivity contribution in [1.82, 2.24) is 4.98 Å². The summed E-state index contributed by atoms with van der Waals surface area (Å²) >= 11 is 0. The summed E-state index contributed by atoms with van der Waals surface area (Å²) in [7, 11) is 0. The van der Waals surface area contributed by atoms with Gasteiger partial charge in [-0.25, -0.2) is 0 Å². The van der Waals surface area contributed by atoms with Crippen LogP contribution in [0.15, 0.2) is 43.1 Å². The van der Waals surface area contributed by atoms with Crippen LogP contribution < -0.4 is 11.1 Å². The maximum Gasteiger partial charge on any atom is 0.0743 e. The van der Waals surface area contributed by atoms with Crippen molar-refractivity contribution in [2.45, 2.75) is 0 Å². The molecular weight excluding hydrogens is 186 g/mol. The fourth-order valence-corrected chi connectivity index (χ4v) is 1.53. The Labute approximate surface area is 88.6 Å². The Morgan fingerprint density at radius 3 is 3.00 bits per heavy atom. The Balaban J connectivity index is 2.57. The molecule has 0 bridgehead atoms. The van der Waals surface area contributed by atoms with E-state index >= 15 is 0 Å². The molecule has 76 valence electrons. The largest absolute Gasteiger partial charge is 0.396 e. The van der Waals surface area contributed by atoms with Gasteiger partial charge >= 0.3 is 0 Å². The van der Waals surface area contributed by atoms with Gasteiger partial charge in [-0.15, -0.1) is 6.58 Å². The molecule has 0 atom stereocenters. The van der Waals surface area contributed by atoms with Gasteiger partial charge in [0.15, 0.2) is 0 Å². The zero-order chi connectivity index (χ0) is 10.7. The molecule has 0 amide bonds. The lowest BCUT2D eigenvalue weighted by atomic mass is 10.1. The molecule has 2 rings (SSSR count). The lowest BCUT2D eigenvalue weighted by Crippen LogP contribution is -2.03. The third kappa shape index (κ3) is 1.76. The average Bonchev–Trinajstić information content (AvgIpc) is 2.28. The van der Waals surface area contributed by atoms with E-state index in [0.29, 0.717) is 12.2 Å². The number of nitrogens with two attached hydrogens (primary N) is 1. The molecule has 0 aliphatic heterocycles. The number of anilines is 2. The molecule has 0 aliphatic rings. The first-order chi connectivity index (χ1) is 7.33. The lowest BCUT2D eigenvalue weighted by Gasteiger charge is -2.10. The first kappa shape index (κ1) is 9.52. The van der Waals surface area contributed by atoms with Gasteiger partial charge in [-0.3, -0.25) is 4.98 Å². The first-order valence-corrected chi connectivity index (χ1v) is 4.81. The SMILES string of the molecule is C=CCNc1c(N)cnc2ccccc12. The van der Waals surface area contributed by atoms with Crippen LogP contribution in [0.2, 0.25) is 0 Å². The molecule has 0 saturated carbocycles. The summed E-state index contributed by atoms with van der Waals surface area (Å²) in [5.74, 6) is 0. The highest BCUT2D eigenvalue weighted by molar-refractivity contribution is 5.96. The summed E-state index contributed by atoms with van der Waals surface area (Å²) in [6.45, 7) is 4.36. The van der Waals surface area contributed by atoms with Crippen molar-refractivity contribution in [3.63, 3.8) is 0 Å². The predicted molar refractivity (Wildman–Crippen MR) is 64.8 cm³/mol. The number of nitrogens with zero attached hydrogens (tertiary/aromatic N) is 1. The molecule has 0 spiro atoms. The summed E-state index contributed by atoms with van der Waals surface area (Å²) in [6, 6.07) is 7.91. The van der Waals surface area contributed by atoms with Crippen molar-refractivity contribution in [2.24, 2.45) is 0 Å². The van der Waals surface area contributed by atoms with Gasteiger partial charge in [-0.1, -0.05) is 24.3 Å². The van der Waals surface area contributed by atoms with Crippen molar-refractivity contribution in [2.75, 3.05) is 17.6 Å². The second-order valence-corrected chi connectivity index (χ2v) is 3.28. The van der Waals surface area contributed by atoms with E-state index in [0.717, 1.165) is 16.6 Å². The van der Waals surface area contributed by atoms with Crippen LogP contribution in [0, 0.1) is 0 Å². The fourth-order valence-electron chi connectivity index (χ4n) is 1.53. The molecule has 1 aromatic heterocycles. The molecule has 15 heavy (non-hydrogen) atoms. The van der Waals surface area contributed by atoms with Gasteiger partial charge in [0.1, 0.15) is 0 Å². The zero-order valence-corrected chi connectivity index (χ0v) is 8.40. The van der Waals surface area contributed by atoms with E-state index in [1.54, 1.807) is 12.3 Å².